The molecule has 0 fully saturated rings. The summed E-state index contributed by atoms with van der Waals surface area (Å²) in [6, 6.07) is 0.0716. The molecule has 2 aliphatic carbocycles. The lowest BCUT2D eigenvalue weighted by molar-refractivity contribution is -0.121. The van der Waals surface area contributed by atoms with Crippen LogP contribution in [0, 0.1) is 5.92 Å². The van der Waals surface area contributed by atoms with E-state index >= 15 is 0 Å². The number of carbonyl (C=O) groups excluding carboxylic acids is 1. The van der Waals surface area contributed by atoms with Crippen LogP contribution >= 0.6 is 11.6 Å². The zero-order chi connectivity index (χ0) is 14.6. The Morgan fingerprint density at radius 1 is 1.53 bits per heavy atom. The second-order valence-corrected chi connectivity index (χ2v) is 4.95. The average molecular weight is 251 g/mol. The molecule has 2 N–H and O–H groups in total. The van der Waals surface area contributed by atoms with Gasteiger partial charge in [0.15, 0.2) is 0 Å². The van der Waals surface area contributed by atoms with Gasteiger partial charge in [-0.15, -0.1) is 0 Å². The first-order valence-electron chi connectivity index (χ1n) is 7.23. The molecule has 3 heteroatoms. The summed E-state index contributed by atoms with van der Waals surface area (Å²) in [7, 11) is 0. The van der Waals surface area contributed by atoms with Gasteiger partial charge in [-0.2, -0.15) is 0 Å². The summed E-state index contributed by atoms with van der Waals surface area (Å²) in [6.07, 6.45) is 2.81. The lowest BCUT2D eigenvalue weighted by atomic mass is 9.82. The minimum atomic E-state index is -0.347. The fraction of sp³-hybridized carbons (Fsp3) is 0.357. The van der Waals surface area contributed by atoms with Gasteiger partial charge in [0.05, 0.1) is 10.0 Å². The van der Waals surface area contributed by atoms with E-state index in [4.69, 9.17) is 21.4 Å². The van der Waals surface area contributed by atoms with Crippen molar-refractivity contribution in [2.75, 3.05) is 0 Å². The van der Waals surface area contributed by atoms with Gasteiger partial charge in [0.25, 0.3) is 0 Å². The molecule has 0 radical (unpaired) electrons. The predicted molar refractivity (Wildman–Crippen MR) is 68.6 cm³/mol. The highest BCUT2D eigenvalue weighted by Gasteiger charge is 2.32. The fourth-order valence-electron chi connectivity index (χ4n) is 2.85. The molecule has 1 aromatic rings. The highest BCUT2D eigenvalue weighted by Crippen LogP contribution is 2.44. The molecule has 17 heavy (non-hydrogen) atoms. The van der Waals surface area contributed by atoms with E-state index in [1.165, 1.54) is 0 Å². The molecule has 0 spiro atoms. The molecule has 3 rings (SSSR count). The van der Waals surface area contributed by atoms with Crippen molar-refractivity contribution < 1.29 is 8.91 Å². The van der Waals surface area contributed by atoms with Crippen LogP contribution in [0.5, 0.6) is 0 Å². The summed E-state index contributed by atoms with van der Waals surface area (Å²) >= 11 is 5.99. The third kappa shape index (κ3) is 1.67. The summed E-state index contributed by atoms with van der Waals surface area (Å²) < 4.78 is 24.0. The number of amides is 1. The second-order valence-electron chi connectivity index (χ2n) is 4.57. The Hall–Kier alpha value is -1.28. The molecule has 2 nitrogen and oxygen atoms in total. The number of carbonyl (C=O) groups is 1. The van der Waals surface area contributed by atoms with Gasteiger partial charge in [0, 0.05) is 5.02 Å². The summed E-state index contributed by atoms with van der Waals surface area (Å²) in [6.45, 7) is 0. The zero-order valence-electron chi connectivity index (χ0n) is 12.3. The number of hydrogen-bond acceptors (Lipinski definition) is 1. The van der Waals surface area contributed by atoms with Gasteiger partial charge in [-0.25, -0.2) is 0 Å². The Bertz CT molecular complexity index is 669. The van der Waals surface area contributed by atoms with E-state index in [0.717, 1.165) is 30.4 Å². The minimum Gasteiger partial charge on any atom is -0.369 e. The number of rotatable bonds is 1. The van der Waals surface area contributed by atoms with Crippen molar-refractivity contribution in [3.63, 3.8) is 0 Å². The number of hydrogen-bond donors (Lipinski definition) is 1. The van der Waals surface area contributed by atoms with Gasteiger partial charge >= 0.3 is 0 Å². The van der Waals surface area contributed by atoms with Gasteiger partial charge < -0.3 is 5.73 Å². The number of allylic oxidation sites excluding steroid dienone is 1. The third-order valence-corrected chi connectivity index (χ3v) is 3.79. The van der Waals surface area contributed by atoms with E-state index in [1.807, 2.05) is 0 Å². The molecule has 0 aliphatic heterocycles. The van der Waals surface area contributed by atoms with Gasteiger partial charge in [-0.1, -0.05) is 17.6 Å². The summed E-state index contributed by atoms with van der Waals surface area (Å²) in [5.74, 6) is -0.654. The normalized spacial score (nSPS) is 24.8. The van der Waals surface area contributed by atoms with Crippen molar-refractivity contribution in [3.05, 3.63) is 39.8 Å². The van der Waals surface area contributed by atoms with Crippen molar-refractivity contribution in [2.24, 2.45) is 11.7 Å². The third-order valence-electron chi connectivity index (χ3n) is 3.60. The molecule has 0 saturated carbocycles. The zero-order valence-corrected chi connectivity index (χ0v) is 10.0. The Balaban J connectivity index is 2.23. The topological polar surface area (TPSA) is 43.1 Å². The first-order valence-corrected chi connectivity index (χ1v) is 6.11. The van der Waals surface area contributed by atoms with Crippen LogP contribution in [0.25, 0.3) is 5.57 Å². The summed E-state index contributed by atoms with van der Waals surface area (Å²) in [4.78, 5) is 11.6. The van der Waals surface area contributed by atoms with E-state index in [0.29, 0.717) is 17.5 Å². The van der Waals surface area contributed by atoms with Gasteiger partial charge in [-0.3, -0.25) is 4.79 Å². The highest BCUT2D eigenvalue weighted by molar-refractivity contribution is 6.30. The van der Waals surface area contributed by atoms with E-state index in [-0.39, 0.29) is 35.0 Å². The Morgan fingerprint density at radius 2 is 2.35 bits per heavy atom. The molecule has 1 atom stereocenters. The van der Waals surface area contributed by atoms with Crippen molar-refractivity contribution in [1.82, 2.24) is 0 Å². The largest absolute Gasteiger partial charge is 0.369 e. The molecule has 2 aliphatic rings. The number of halogens is 1. The molecule has 88 valence electrons. The molecule has 0 saturated heterocycles. The lowest BCUT2D eigenvalue weighted by Crippen LogP contribution is -2.27. The van der Waals surface area contributed by atoms with Crippen LogP contribution in [0.2, 0.25) is 5.02 Å². The van der Waals surface area contributed by atoms with Gasteiger partial charge in [0.2, 0.25) is 5.91 Å². The highest BCUT2D eigenvalue weighted by atomic mass is 35.5. The average Bonchev–Trinajstić information content (AvgIpc) is 2.81. The fourth-order valence-corrected chi connectivity index (χ4v) is 2.99. The Labute approximate surface area is 110 Å². The first-order chi connectivity index (χ1) is 9.43. The number of fused-ring (bicyclic) bond motifs is 2. The molecule has 0 aromatic heterocycles. The van der Waals surface area contributed by atoms with E-state index in [1.54, 1.807) is 0 Å². The molecule has 1 aromatic carbocycles. The molecule has 0 heterocycles. The number of primary amides is 1. The number of nitrogens with two attached hydrogens (primary N) is 1. The van der Waals surface area contributed by atoms with Crippen molar-refractivity contribution in [3.8, 4) is 0 Å². The maximum atomic E-state index is 11.6. The van der Waals surface area contributed by atoms with Crippen LogP contribution in [0.1, 0.15) is 34.5 Å². The van der Waals surface area contributed by atoms with Crippen LogP contribution in [-0.4, -0.2) is 5.91 Å². The SMILES string of the molecule is [2H]c1c([2H])c2c(c([2H])c1Cl)C1=C(C2)C(C(N)=O)CCC1. The summed E-state index contributed by atoms with van der Waals surface area (Å²) in [5.41, 5.74) is 8.67. The Kier molecular flexibility index (Phi) is 1.81. The molecular formula is C14H14ClNO. The van der Waals surface area contributed by atoms with Crippen LogP contribution in [0.3, 0.4) is 0 Å². The molecule has 0 bridgehead atoms. The quantitative estimate of drug-likeness (QED) is 0.818. The minimum absolute atomic E-state index is 0.0173. The predicted octanol–water partition coefficient (Wildman–Crippen LogP) is 2.94. The smallest absolute Gasteiger partial charge is 0.224 e. The van der Waals surface area contributed by atoms with Crippen LogP contribution in [0.15, 0.2) is 23.7 Å². The van der Waals surface area contributed by atoms with E-state index < -0.39 is 0 Å². The van der Waals surface area contributed by atoms with Crippen molar-refractivity contribution in [2.45, 2.75) is 25.7 Å². The number of benzene rings is 1. The van der Waals surface area contributed by atoms with Crippen molar-refractivity contribution >= 4 is 23.1 Å². The second kappa shape index (κ2) is 3.88. The molecule has 1 unspecified atom stereocenters. The lowest BCUT2D eigenvalue weighted by Gasteiger charge is -2.22. The standard InChI is InChI=1S/C14H14ClNO/c15-9-5-4-8-6-13-10(12(8)7-9)2-1-3-11(13)14(16)17/h4-5,7,11H,1-3,6H2,(H2,16,17)/i4D,5D,7D. The van der Waals surface area contributed by atoms with Gasteiger partial charge in [0.1, 0.15) is 0 Å². The van der Waals surface area contributed by atoms with Crippen molar-refractivity contribution in [1.29, 1.82) is 0 Å². The maximum Gasteiger partial charge on any atom is 0.224 e. The first kappa shape index (κ1) is 7.93. The van der Waals surface area contributed by atoms with Crippen LogP contribution in [-0.2, 0) is 11.2 Å². The van der Waals surface area contributed by atoms with E-state index in [2.05, 4.69) is 0 Å². The maximum absolute atomic E-state index is 11.6. The molecular weight excluding hydrogens is 234 g/mol. The summed E-state index contributed by atoms with van der Waals surface area (Å²) in [5, 5.41) is 0.0173. The monoisotopic (exact) mass is 250 g/mol. The molecule has 1 amide bonds. The van der Waals surface area contributed by atoms with E-state index in [9.17, 15) is 4.79 Å². The van der Waals surface area contributed by atoms with Crippen LogP contribution in [0.4, 0.5) is 0 Å². The van der Waals surface area contributed by atoms with Gasteiger partial charge in [-0.05, 0) is 60.0 Å². The Morgan fingerprint density at radius 3 is 3.12 bits per heavy atom. The van der Waals surface area contributed by atoms with Crippen LogP contribution < -0.4 is 5.73 Å².